The molecule has 2 heterocycles. The molecule has 1 aromatic heterocycles. The van der Waals surface area contributed by atoms with Crippen molar-refractivity contribution in [1.29, 1.82) is 0 Å². The van der Waals surface area contributed by atoms with Crippen LogP contribution < -0.4 is 14.8 Å². The number of benzene rings is 1. The molecule has 0 radical (unpaired) electrons. The Hall–Kier alpha value is -2.96. The molecule has 1 saturated heterocycles. The van der Waals surface area contributed by atoms with Crippen LogP contribution >= 0.6 is 0 Å². The smallest absolute Gasteiger partial charge is 0.293 e. The van der Waals surface area contributed by atoms with E-state index in [1.54, 1.807) is 12.1 Å². The van der Waals surface area contributed by atoms with Crippen LogP contribution in [-0.2, 0) is 0 Å². The molecule has 0 aliphatic carbocycles. The van der Waals surface area contributed by atoms with Gasteiger partial charge in [-0.05, 0) is 19.1 Å². The van der Waals surface area contributed by atoms with E-state index >= 15 is 0 Å². The minimum atomic E-state index is -0.415. The Morgan fingerprint density at radius 3 is 2.29 bits per heavy atom. The van der Waals surface area contributed by atoms with Crippen molar-refractivity contribution < 1.29 is 14.7 Å². The number of aromatic nitrogens is 1. The number of Topliss-reactive ketones (excluding diaryl/α,β-unsaturated/α-hetero) is 1. The monoisotopic (exact) mass is 327 g/mol. The first kappa shape index (κ1) is 15.9. The van der Waals surface area contributed by atoms with E-state index in [1.807, 2.05) is 29.4 Å². The molecule has 124 valence electrons. The van der Waals surface area contributed by atoms with Gasteiger partial charge in [0.2, 0.25) is 0 Å². The maximum absolute atomic E-state index is 11.5. The van der Waals surface area contributed by atoms with Gasteiger partial charge >= 0.3 is 0 Å². The maximum atomic E-state index is 11.5. The average molecular weight is 327 g/mol. The average Bonchev–Trinajstić information content (AvgIpc) is 2.62. The van der Waals surface area contributed by atoms with E-state index in [4.69, 9.17) is 0 Å². The number of piperazine rings is 1. The quantitative estimate of drug-likeness (QED) is 0.487. The normalized spacial score (nSPS) is 14.5. The summed E-state index contributed by atoms with van der Waals surface area (Å²) < 4.78 is 0. The van der Waals surface area contributed by atoms with Gasteiger partial charge in [-0.1, -0.05) is 0 Å². The van der Waals surface area contributed by atoms with E-state index in [0.29, 0.717) is 24.3 Å². The number of anilines is 2. The summed E-state index contributed by atoms with van der Waals surface area (Å²) in [6.45, 7) is 4.37. The number of carbonyl (C=O) groups excluding carboxylic acids is 1. The molecule has 0 atom stereocenters. The molecule has 0 amide bonds. The van der Waals surface area contributed by atoms with Gasteiger partial charge in [0, 0.05) is 55.6 Å². The van der Waals surface area contributed by atoms with Gasteiger partial charge in [0.05, 0.1) is 4.92 Å². The zero-order valence-electron chi connectivity index (χ0n) is 13.4. The number of nitro benzene ring substituents is 1. The van der Waals surface area contributed by atoms with E-state index in [-0.39, 0.29) is 11.5 Å². The van der Waals surface area contributed by atoms with E-state index in [9.17, 15) is 14.9 Å². The van der Waals surface area contributed by atoms with Crippen LogP contribution in [0.4, 0.5) is 17.1 Å². The lowest BCUT2D eigenvalue weighted by Crippen LogP contribution is -2.46. The predicted octanol–water partition coefficient (Wildman–Crippen LogP) is 1.94. The van der Waals surface area contributed by atoms with Crippen molar-refractivity contribution in [1.82, 2.24) is 0 Å². The van der Waals surface area contributed by atoms with Crippen LogP contribution in [0.5, 0.6) is 0 Å². The molecule has 1 aliphatic rings. The van der Waals surface area contributed by atoms with Crippen LogP contribution in [0.15, 0.2) is 42.7 Å². The van der Waals surface area contributed by atoms with Crippen LogP contribution in [-0.4, -0.2) is 36.9 Å². The zero-order chi connectivity index (χ0) is 17.1. The number of nitrogens with zero attached hydrogens (tertiary/aromatic N) is 3. The third-order valence-electron chi connectivity index (χ3n) is 4.26. The molecule has 7 heteroatoms. The molecule has 1 fully saturated rings. The largest absolute Gasteiger partial charge is 0.368 e. The molecule has 2 aromatic rings. The van der Waals surface area contributed by atoms with Gasteiger partial charge in [0.1, 0.15) is 5.69 Å². The Morgan fingerprint density at radius 1 is 1.08 bits per heavy atom. The number of nitro groups is 1. The van der Waals surface area contributed by atoms with E-state index in [2.05, 4.69) is 9.88 Å². The molecule has 0 unspecified atom stereocenters. The second kappa shape index (κ2) is 6.66. The minimum absolute atomic E-state index is 0.00883. The summed E-state index contributed by atoms with van der Waals surface area (Å²) in [4.78, 5) is 29.7. The first-order chi connectivity index (χ1) is 11.6. The summed E-state index contributed by atoms with van der Waals surface area (Å²) >= 11 is 0. The van der Waals surface area contributed by atoms with Gasteiger partial charge < -0.3 is 9.80 Å². The summed E-state index contributed by atoms with van der Waals surface area (Å²) in [5.41, 5.74) is 2.07. The number of aromatic amines is 1. The first-order valence-electron chi connectivity index (χ1n) is 7.81. The van der Waals surface area contributed by atoms with Crippen molar-refractivity contribution >= 4 is 22.8 Å². The lowest BCUT2D eigenvalue weighted by molar-refractivity contribution is -0.384. The topological polar surface area (TPSA) is 80.8 Å². The van der Waals surface area contributed by atoms with E-state index in [0.717, 1.165) is 18.8 Å². The Balaban J connectivity index is 1.79. The number of carbonyl (C=O) groups is 1. The summed E-state index contributed by atoms with van der Waals surface area (Å²) in [5.74, 6) is -0.171. The standard InChI is InChI=1S/C17H18N4O3/c1-13(22)14-2-3-16(17(12-14)21(23)24)20-10-8-19(9-11-20)15-4-6-18-7-5-15/h2-7,12H,8-11H2,1H3/p+1. The van der Waals surface area contributed by atoms with Crippen LogP contribution in [0.1, 0.15) is 17.3 Å². The Kier molecular flexibility index (Phi) is 4.41. The fraction of sp³-hybridized carbons (Fsp3) is 0.294. The fourth-order valence-electron chi connectivity index (χ4n) is 2.95. The Morgan fingerprint density at radius 2 is 1.71 bits per heavy atom. The molecule has 0 spiro atoms. The minimum Gasteiger partial charge on any atom is -0.368 e. The zero-order valence-corrected chi connectivity index (χ0v) is 13.4. The first-order valence-corrected chi connectivity index (χ1v) is 7.81. The molecule has 7 nitrogen and oxygen atoms in total. The predicted molar refractivity (Wildman–Crippen MR) is 90.5 cm³/mol. The number of ketones is 1. The summed E-state index contributed by atoms with van der Waals surface area (Å²) in [7, 11) is 0. The molecular formula is C17H19N4O3+. The van der Waals surface area contributed by atoms with Crippen molar-refractivity contribution in [2.24, 2.45) is 0 Å². The number of rotatable bonds is 4. The highest BCUT2D eigenvalue weighted by Crippen LogP contribution is 2.30. The summed E-state index contributed by atoms with van der Waals surface area (Å²) in [6.07, 6.45) is 3.76. The van der Waals surface area contributed by atoms with E-state index < -0.39 is 4.92 Å². The van der Waals surface area contributed by atoms with Crippen molar-refractivity contribution in [2.75, 3.05) is 36.0 Å². The lowest BCUT2D eigenvalue weighted by Gasteiger charge is -2.36. The Bertz CT molecular complexity index is 756. The van der Waals surface area contributed by atoms with Gasteiger partial charge in [-0.3, -0.25) is 14.9 Å². The van der Waals surface area contributed by atoms with E-state index in [1.165, 1.54) is 13.0 Å². The second-order valence-corrected chi connectivity index (χ2v) is 5.75. The van der Waals surface area contributed by atoms with Crippen molar-refractivity contribution in [3.63, 3.8) is 0 Å². The highest BCUT2D eigenvalue weighted by molar-refractivity contribution is 5.95. The fourth-order valence-corrected chi connectivity index (χ4v) is 2.95. The third kappa shape index (κ3) is 3.19. The lowest BCUT2D eigenvalue weighted by atomic mass is 10.1. The van der Waals surface area contributed by atoms with Gasteiger partial charge in [0.15, 0.2) is 18.2 Å². The molecule has 3 rings (SSSR count). The molecule has 1 aromatic carbocycles. The van der Waals surface area contributed by atoms with Crippen LogP contribution in [0.3, 0.4) is 0 Å². The van der Waals surface area contributed by atoms with Gasteiger partial charge in [-0.25, -0.2) is 4.98 Å². The highest BCUT2D eigenvalue weighted by atomic mass is 16.6. The highest BCUT2D eigenvalue weighted by Gasteiger charge is 2.24. The van der Waals surface area contributed by atoms with Crippen molar-refractivity contribution in [2.45, 2.75) is 6.92 Å². The third-order valence-corrected chi connectivity index (χ3v) is 4.26. The van der Waals surface area contributed by atoms with Gasteiger partial charge in [-0.2, -0.15) is 0 Å². The summed E-state index contributed by atoms with van der Waals surface area (Å²) in [5, 5.41) is 11.4. The SMILES string of the molecule is CC(=O)c1ccc(N2CCN(c3cc[nH+]cc3)CC2)c([N+](=O)[O-])c1. The molecule has 24 heavy (non-hydrogen) atoms. The molecular weight excluding hydrogens is 308 g/mol. The molecule has 1 N–H and O–H groups in total. The molecule has 0 saturated carbocycles. The molecule has 1 aliphatic heterocycles. The van der Waals surface area contributed by atoms with Crippen LogP contribution in [0, 0.1) is 10.1 Å². The van der Waals surface area contributed by atoms with Crippen molar-refractivity contribution in [3.05, 3.63) is 58.4 Å². The number of H-pyrrole nitrogens is 1. The number of pyridine rings is 1. The number of hydrogen-bond donors (Lipinski definition) is 0. The molecule has 0 bridgehead atoms. The summed E-state index contributed by atoms with van der Waals surface area (Å²) in [6, 6.07) is 8.74. The maximum Gasteiger partial charge on any atom is 0.293 e. The number of hydrogen-bond acceptors (Lipinski definition) is 5. The van der Waals surface area contributed by atoms with Gasteiger partial charge in [0.25, 0.3) is 5.69 Å². The van der Waals surface area contributed by atoms with Gasteiger partial charge in [-0.15, -0.1) is 0 Å². The number of nitrogens with one attached hydrogen (secondary N) is 1. The Labute approximate surface area is 139 Å². The van der Waals surface area contributed by atoms with Crippen molar-refractivity contribution in [3.8, 4) is 0 Å². The second-order valence-electron chi connectivity index (χ2n) is 5.75. The van der Waals surface area contributed by atoms with Crippen LogP contribution in [0.2, 0.25) is 0 Å². The van der Waals surface area contributed by atoms with Crippen LogP contribution in [0.25, 0.3) is 0 Å².